The molecule has 0 radical (unpaired) electrons. The summed E-state index contributed by atoms with van der Waals surface area (Å²) in [6.45, 7) is 7.35. The molecule has 2 aromatic carbocycles. The second-order valence-electron chi connectivity index (χ2n) is 7.13. The van der Waals surface area contributed by atoms with Gasteiger partial charge in [0.25, 0.3) is 0 Å². The van der Waals surface area contributed by atoms with Crippen molar-refractivity contribution in [1.29, 1.82) is 0 Å². The second-order valence-corrected chi connectivity index (χ2v) is 7.13. The van der Waals surface area contributed by atoms with Gasteiger partial charge < -0.3 is 15.2 Å². The zero-order valence-corrected chi connectivity index (χ0v) is 15.2. The van der Waals surface area contributed by atoms with Crippen LogP contribution in [0.15, 0.2) is 48.5 Å². The number of benzene rings is 2. The standard InChI is InChI=1S/C21H27NO3/c1-21(2,3)18-8-4-17(5-9-18)15-25-19-10-6-16(7-11-19)14-20(24)22-12-13-23/h4-11,23H,12-15H2,1-3H3,(H,22,24). The lowest BCUT2D eigenvalue weighted by atomic mass is 9.87. The van der Waals surface area contributed by atoms with Crippen LogP contribution in [0.4, 0.5) is 0 Å². The Bertz CT molecular complexity index is 670. The van der Waals surface area contributed by atoms with E-state index in [9.17, 15) is 4.79 Å². The normalized spacial score (nSPS) is 11.2. The van der Waals surface area contributed by atoms with Gasteiger partial charge in [0.1, 0.15) is 12.4 Å². The fourth-order valence-electron chi connectivity index (χ4n) is 2.41. The quantitative estimate of drug-likeness (QED) is 0.813. The average molecular weight is 341 g/mol. The summed E-state index contributed by atoms with van der Waals surface area (Å²) in [6.07, 6.45) is 0.300. The van der Waals surface area contributed by atoms with Crippen LogP contribution in [0, 0.1) is 0 Å². The molecule has 0 aliphatic rings. The van der Waals surface area contributed by atoms with Crippen molar-refractivity contribution in [3.63, 3.8) is 0 Å². The van der Waals surface area contributed by atoms with E-state index in [1.54, 1.807) is 0 Å². The number of aliphatic hydroxyl groups is 1. The van der Waals surface area contributed by atoms with E-state index < -0.39 is 0 Å². The van der Waals surface area contributed by atoms with Gasteiger partial charge in [0.15, 0.2) is 0 Å². The molecule has 0 bridgehead atoms. The maximum absolute atomic E-state index is 11.6. The van der Waals surface area contributed by atoms with Crippen LogP contribution in [-0.2, 0) is 23.2 Å². The lowest BCUT2D eigenvalue weighted by molar-refractivity contribution is -0.120. The molecule has 0 fully saturated rings. The van der Waals surface area contributed by atoms with Crippen LogP contribution < -0.4 is 10.1 Å². The first-order chi connectivity index (χ1) is 11.9. The Morgan fingerprint density at radius 3 is 2.16 bits per heavy atom. The van der Waals surface area contributed by atoms with Gasteiger partial charge in [-0.3, -0.25) is 4.79 Å². The highest BCUT2D eigenvalue weighted by Crippen LogP contribution is 2.22. The van der Waals surface area contributed by atoms with E-state index in [2.05, 4.69) is 50.4 Å². The van der Waals surface area contributed by atoms with Crippen molar-refractivity contribution >= 4 is 5.91 Å². The molecule has 0 atom stereocenters. The molecule has 0 saturated carbocycles. The molecule has 0 aliphatic carbocycles. The molecule has 134 valence electrons. The Balaban J connectivity index is 1.86. The molecule has 25 heavy (non-hydrogen) atoms. The molecule has 0 heterocycles. The fraction of sp³-hybridized carbons (Fsp3) is 0.381. The molecule has 4 nitrogen and oxygen atoms in total. The number of rotatable bonds is 7. The van der Waals surface area contributed by atoms with Crippen LogP contribution in [0.1, 0.15) is 37.5 Å². The molecule has 1 amide bonds. The number of hydrogen-bond donors (Lipinski definition) is 2. The minimum Gasteiger partial charge on any atom is -0.489 e. The minimum absolute atomic E-state index is 0.0464. The van der Waals surface area contributed by atoms with Gasteiger partial charge in [0, 0.05) is 6.54 Å². The van der Waals surface area contributed by atoms with Crippen molar-refractivity contribution in [3.05, 3.63) is 65.2 Å². The third-order valence-corrected chi connectivity index (χ3v) is 3.95. The lowest BCUT2D eigenvalue weighted by Crippen LogP contribution is -2.27. The first-order valence-electron chi connectivity index (χ1n) is 8.57. The maximum Gasteiger partial charge on any atom is 0.224 e. The second kappa shape index (κ2) is 8.67. The van der Waals surface area contributed by atoms with Crippen LogP contribution >= 0.6 is 0 Å². The van der Waals surface area contributed by atoms with E-state index >= 15 is 0 Å². The minimum atomic E-state index is -0.0957. The zero-order valence-electron chi connectivity index (χ0n) is 15.2. The van der Waals surface area contributed by atoms with E-state index in [1.165, 1.54) is 5.56 Å². The summed E-state index contributed by atoms with van der Waals surface area (Å²) >= 11 is 0. The molecule has 0 aliphatic heterocycles. The smallest absolute Gasteiger partial charge is 0.224 e. The van der Waals surface area contributed by atoms with Gasteiger partial charge >= 0.3 is 0 Å². The summed E-state index contributed by atoms with van der Waals surface area (Å²) in [5, 5.41) is 11.3. The molecule has 2 N–H and O–H groups in total. The van der Waals surface area contributed by atoms with E-state index in [4.69, 9.17) is 9.84 Å². The van der Waals surface area contributed by atoms with Crippen LogP contribution in [0.5, 0.6) is 5.75 Å². The van der Waals surface area contributed by atoms with Gasteiger partial charge in [0.05, 0.1) is 13.0 Å². The maximum atomic E-state index is 11.6. The number of nitrogens with one attached hydrogen (secondary N) is 1. The highest BCUT2D eigenvalue weighted by atomic mass is 16.5. The van der Waals surface area contributed by atoms with E-state index in [0.29, 0.717) is 13.0 Å². The van der Waals surface area contributed by atoms with E-state index in [1.807, 2.05) is 24.3 Å². The number of carbonyl (C=O) groups excluding carboxylic acids is 1. The van der Waals surface area contributed by atoms with Gasteiger partial charge in [-0.05, 0) is 34.2 Å². The number of aliphatic hydroxyl groups excluding tert-OH is 1. The zero-order chi connectivity index (χ0) is 18.3. The van der Waals surface area contributed by atoms with Crippen LogP contribution in [0.2, 0.25) is 0 Å². The largest absolute Gasteiger partial charge is 0.489 e. The number of carbonyl (C=O) groups is 1. The summed E-state index contributed by atoms with van der Waals surface area (Å²) in [7, 11) is 0. The summed E-state index contributed by atoms with van der Waals surface area (Å²) in [5.74, 6) is 0.682. The Morgan fingerprint density at radius 2 is 1.60 bits per heavy atom. The van der Waals surface area contributed by atoms with Crippen molar-refractivity contribution in [1.82, 2.24) is 5.32 Å². The van der Waals surface area contributed by atoms with Crippen molar-refractivity contribution < 1.29 is 14.6 Å². The van der Waals surface area contributed by atoms with Gasteiger partial charge in [-0.2, -0.15) is 0 Å². The number of hydrogen-bond acceptors (Lipinski definition) is 3. The third kappa shape index (κ3) is 6.24. The average Bonchev–Trinajstić information content (AvgIpc) is 2.59. The van der Waals surface area contributed by atoms with Crippen LogP contribution in [0.3, 0.4) is 0 Å². The summed E-state index contributed by atoms with van der Waals surface area (Å²) in [6, 6.07) is 16.0. The molecular weight excluding hydrogens is 314 g/mol. The van der Waals surface area contributed by atoms with Crippen molar-refractivity contribution in [2.24, 2.45) is 0 Å². The summed E-state index contributed by atoms with van der Waals surface area (Å²) in [4.78, 5) is 11.6. The third-order valence-electron chi connectivity index (χ3n) is 3.95. The summed E-state index contributed by atoms with van der Waals surface area (Å²) < 4.78 is 5.81. The van der Waals surface area contributed by atoms with Crippen molar-refractivity contribution in [3.8, 4) is 5.75 Å². The number of ether oxygens (including phenoxy) is 1. The number of amides is 1. The predicted molar refractivity (Wildman–Crippen MR) is 99.7 cm³/mol. The van der Waals surface area contributed by atoms with Crippen LogP contribution in [0.25, 0.3) is 0 Å². The molecular formula is C21H27NO3. The van der Waals surface area contributed by atoms with Crippen molar-refractivity contribution in [2.75, 3.05) is 13.2 Å². The fourth-order valence-corrected chi connectivity index (χ4v) is 2.41. The molecule has 0 unspecified atom stereocenters. The molecule has 2 rings (SSSR count). The Labute approximate surface area is 149 Å². The summed E-state index contributed by atoms with van der Waals surface area (Å²) in [5.41, 5.74) is 3.50. The predicted octanol–water partition coefficient (Wildman–Crippen LogP) is 3.21. The topological polar surface area (TPSA) is 58.6 Å². The van der Waals surface area contributed by atoms with E-state index in [-0.39, 0.29) is 24.5 Å². The molecule has 2 aromatic rings. The van der Waals surface area contributed by atoms with Gasteiger partial charge in [-0.1, -0.05) is 57.2 Å². The molecule has 0 saturated heterocycles. The lowest BCUT2D eigenvalue weighted by Gasteiger charge is -2.19. The molecule has 4 heteroatoms. The Morgan fingerprint density at radius 1 is 1.00 bits per heavy atom. The van der Waals surface area contributed by atoms with E-state index in [0.717, 1.165) is 16.9 Å². The van der Waals surface area contributed by atoms with Crippen molar-refractivity contribution in [2.45, 2.75) is 39.2 Å². The first-order valence-corrected chi connectivity index (χ1v) is 8.57. The highest BCUT2D eigenvalue weighted by molar-refractivity contribution is 5.78. The van der Waals surface area contributed by atoms with Gasteiger partial charge in [0.2, 0.25) is 5.91 Å². The Kier molecular flexibility index (Phi) is 6.59. The molecule has 0 aromatic heterocycles. The van der Waals surface area contributed by atoms with Gasteiger partial charge in [-0.15, -0.1) is 0 Å². The van der Waals surface area contributed by atoms with Crippen LogP contribution in [-0.4, -0.2) is 24.2 Å². The SMILES string of the molecule is CC(C)(C)c1ccc(COc2ccc(CC(=O)NCCO)cc2)cc1. The highest BCUT2D eigenvalue weighted by Gasteiger charge is 2.12. The monoisotopic (exact) mass is 341 g/mol. The first kappa shape index (κ1) is 19.0. The van der Waals surface area contributed by atoms with Gasteiger partial charge in [-0.25, -0.2) is 0 Å². The Hall–Kier alpha value is -2.33. The molecule has 0 spiro atoms.